The number of hydrogen-bond acceptors (Lipinski definition) is 3. The SMILES string of the molecule is O=C(O)C1CCCN1C(=O)c1cc(C2CC2)nc2ccc(Cl)cc12. The van der Waals surface area contributed by atoms with Gasteiger partial charge in [0.2, 0.25) is 0 Å². The highest BCUT2D eigenvalue weighted by Gasteiger charge is 2.36. The summed E-state index contributed by atoms with van der Waals surface area (Å²) < 4.78 is 0. The van der Waals surface area contributed by atoms with Crippen molar-refractivity contribution in [1.29, 1.82) is 0 Å². The van der Waals surface area contributed by atoms with Crippen molar-refractivity contribution in [2.75, 3.05) is 6.54 Å². The van der Waals surface area contributed by atoms with Crippen molar-refractivity contribution >= 4 is 34.4 Å². The van der Waals surface area contributed by atoms with Gasteiger partial charge < -0.3 is 10.0 Å². The number of pyridine rings is 1. The van der Waals surface area contributed by atoms with E-state index >= 15 is 0 Å². The van der Waals surface area contributed by atoms with Gasteiger partial charge >= 0.3 is 5.97 Å². The fraction of sp³-hybridized carbons (Fsp3) is 0.389. The molecule has 0 radical (unpaired) electrons. The normalized spacial score (nSPS) is 20.5. The zero-order chi connectivity index (χ0) is 16.8. The van der Waals surface area contributed by atoms with Crippen LogP contribution in [0.15, 0.2) is 24.3 Å². The number of carbonyl (C=O) groups is 2. The number of aromatic nitrogens is 1. The van der Waals surface area contributed by atoms with Crippen molar-refractivity contribution < 1.29 is 14.7 Å². The van der Waals surface area contributed by atoms with Gasteiger partial charge in [-0.2, -0.15) is 0 Å². The second-order valence-corrected chi connectivity index (χ2v) is 6.96. The molecule has 2 aliphatic rings. The first-order valence-corrected chi connectivity index (χ1v) is 8.56. The first kappa shape index (κ1) is 15.4. The van der Waals surface area contributed by atoms with E-state index in [2.05, 4.69) is 4.98 Å². The van der Waals surface area contributed by atoms with E-state index in [0.717, 1.165) is 24.1 Å². The smallest absolute Gasteiger partial charge is 0.326 e. The number of amides is 1. The zero-order valence-corrected chi connectivity index (χ0v) is 13.8. The van der Waals surface area contributed by atoms with Crippen LogP contribution in [-0.4, -0.2) is 39.5 Å². The lowest BCUT2D eigenvalue weighted by atomic mass is 10.0. The molecule has 1 amide bonds. The number of hydrogen-bond donors (Lipinski definition) is 1. The molecule has 1 aliphatic carbocycles. The van der Waals surface area contributed by atoms with Crippen LogP contribution in [0.2, 0.25) is 5.02 Å². The number of carboxylic acid groups (broad SMARTS) is 1. The Morgan fingerprint density at radius 2 is 2.00 bits per heavy atom. The van der Waals surface area contributed by atoms with Crippen LogP contribution >= 0.6 is 11.6 Å². The maximum absolute atomic E-state index is 13.1. The van der Waals surface area contributed by atoms with Crippen molar-refractivity contribution in [3.8, 4) is 0 Å². The molecule has 1 unspecified atom stereocenters. The van der Waals surface area contributed by atoms with E-state index in [0.29, 0.717) is 41.3 Å². The van der Waals surface area contributed by atoms with Crippen LogP contribution in [-0.2, 0) is 4.79 Å². The van der Waals surface area contributed by atoms with Gasteiger partial charge in [0.15, 0.2) is 0 Å². The maximum atomic E-state index is 13.1. The fourth-order valence-corrected chi connectivity index (χ4v) is 3.58. The van der Waals surface area contributed by atoms with Gasteiger partial charge in [0, 0.05) is 28.6 Å². The Hall–Kier alpha value is -2.14. The van der Waals surface area contributed by atoms with E-state index in [-0.39, 0.29) is 5.91 Å². The molecule has 1 aliphatic heterocycles. The van der Waals surface area contributed by atoms with Gasteiger partial charge in [-0.25, -0.2) is 4.79 Å². The summed E-state index contributed by atoms with van der Waals surface area (Å²) in [7, 11) is 0. The predicted molar refractivity (Wildman–Crippen MR) is 90.4 cm³/mol. The molecule has 5 nitrogen and oxygen atoms in total. The van der Waals surface area contributed by atoms with E-state index in [1.54, 1.807) is 12.1 Å². The molecule has 0 bridgehead atoms. The van der Waals surface area contributed by atoms with Crippen LogP contribution in [0.3, 0.4) is 0 Å². The maximum Gasteiger partial charge on any atom is 0.326 e. The van der Waals surface area contributed by atoms with E-state index in [9.17, 15) is 14.7 Å². The summed E-state index contributed by atoms with van der Waals surface area (Å²) in [5, 5.41) is 10.6. The van der Waals surface area contributed by atoms with Crippen LogP contribution in [0.5, 0.6) is 0 Å². The first-order valence-electron chi connectivity index (χ1n) is 8.18. The summed E-state index contributed by atoms with van der Waals surface area (Å²) >= 11 is 6.10. The molecule has 2 aromatic rings. The number of nitrogens with zero attached hydrogens (tertiary/aromatic N) is 2. The standard InChI is InChI=1S/C18H17ClN2O3/c19-11-5-6-14-12(8-11)13(9-15(20-14)10-3-4-10)17(22)21-7-1-2-16(21)18(23)24/h5-6,8-10,16H,1-4,7H2,(H,23,24). The third kappa shape index (κ3) is 2.63. The highest BCUT2D eigenvalue weighted by Crippen LogP contribution is 2.40. The molecule has 1 saturated heterocycles. The summed E-state index contributed by atoms with van der Waals surface area (Å²) in [6, 6.07) is 6.40. The molecule has 1 atom stereocenters. The van der Waals surface area contributed by atoms with Crippen LogP contribution < -0.4 is 0 Å². The number of benzene rings is 1. The lowest BCUT2D eigenvalue weighted by Gasteiger charge is -2.22. The van der Waals surface area contributed by atoms with Crippen molar-refractivity contribution in [1.82, 2.24) is 9.88 Å². The van der Waals surface area contributed by atoms with Gasteiger partial charge in [0.25, 0.3) is 5.91 Å². The molecule has 124 valence electrons. The summed E-state index contributed by atoms with van der Waals surface area (Å²) in [6.07, 6.45) is 3.38. The lowest BCUT2D eigenvalue weighted by Crippen LogP contribution is -2.40. The Labute approximate surface area is 144 Å². The van der Waals surface area contributed by atoms with E-state index in [1.807, 2.05) is 12.1 Å². The largest absolute Gasteiger partial charge is 0.480 e. The Morgan fingerprint density at radius 3 is 2.71 bits per heavy atom. The number of rotatable bonds is 3. The Kier molecular flexibility index (Phi) is 3.68. The highest BCUT2D eigenvalue weighted by atomic mass is 35.5. The Balaban J connectivity index is 1.83. The molecule has 2 heterocycles. The molecule has 1 N–H and O–H groups in total. The summed E-state index contributed by atoms with van der Waals surface area (Å²) in [6.45, 7) is 0.471. The molecule has 0 spiro atoms. The summed E-state index contributed by atoms with van der Waals surface area (Å²) in [5.41, 5.74) is 2.16. The van der Waals surface area contributed by atoms with Gasteiger partial charge in [-0.3, -0.25) is 9.78 Å². The van der Waals surface area contributed by atoms with Crippen LogP contribution in [0.25, 0.3) is 10.9 Å². The second kappa shape index (κ2) is 5.74. The zero-order valence-electron chi connectivity index (χ0n) is 13.0. The Morgan fingerprint density at radius 1 is 1.21 bits per heavy atom. The quantitative estimate of drug-likeness (QED) is 0.925. The van der Waals surface area contributed by atoms with Gasteiger partial charge in [0.1, 0.15) is 6.04 Å². The number of carbonyl (C=O) groups excluding carboxylic acids is 1. The molecule has 2 fully saturated rings. The molecule has 24 heavy (non-hydrogen) atoms. The minimum atomic E-state index is -0.945. The third-order valence-electron chi connectivity index (χ3n) is 4.82. The molecule has 1 aromatic heterocycles. The van der Waals surface area contributed by atoms with Crippen molar-refractivity contribution in [3.05, 3.63) is 40.5 Å². The lowest BCUT2D eigenvalue weighted by molar-refractivity contribution is -0.141. The van der Waals surface area contributed by atoms with Crippen molar-refractivity contribution in [3.63, 3.8) is 0 Å². The predicted octanol–water partition coefficient (Wildman–Crippen LogP) is 3.45. The van der Waals surface area contributed by atoms with Crippen LogP contribution in [0, 0.1) is 0 Å². The average Bonchev–Trinajstić information content (AvgIpc) is 3.29. The summed E-state index contributed by atoms with van der Waals surface area (Å²) in [5.74, 6) is -0.776. The van der Waals surface area contributed by atoms with Gasteiger partial charge in [-0.15, -0.1) is 0 Å². The molecule has 1 saturated carbocycles. The minimum absolute atomic E-state index is 0.239. The minimum Gasteiger partial charge on any atom is -0.480 e. The average molecular weight is 345 g/mol. The van der Waals surface area contributed by atoms with Gasteiger partial charge in [-0.1, -0.05) is 11.6 Å². The van der Waals surface area contributed by atoms with Gasteiger partial charge in [0.05, 0.1) is 11.1 Å². The molecule has 6 heteroatoms. The van der Waals surface area contributed by atoms with E-state index in [1.165, 1.54) is 4.90 Å². The molecular weight excluding hydrogens is 328 g/mol. The molecule has 4 rings (SSSR count). The highest BCUT2D eigenvalue weighted by molar-refractivity contribution is 6.31. The number of fused-ring (bicyclic) bond motifs is 1. The fourth-order valence-electron chi connectivity index (χ4n) is 3.40. The van der Waals surface area contributed by atoms with E-state index < -0.39 is 12.0 Å². The van der Waals surface area contributed by atoms with Gasteiger partial charge in [-0.05, 0) is 49.9 Å². The molecule has 1 aromatic carbocycles. The number of aliphatic carboxylic acids is 1. The second-order valence-electron chi connectivity index (χ2n) is 6.53. The van der Waals surface area contributed by atoms with Crippen molar-refractivity contribution in [2.45, 2.75) is 37.6 Å². The number of carboxylic acids is 1. The summed E-state index contributed by atoms with van der Waals surface area (Å²) in [4.78, 5) is 30.6. The van der Waals surface area contributed by atoms with Crippen LogP contribution in [0.1, 0.15) is 47.7 Å². The van der Waals surface area contributed by atoms with Crippen LogP contribution in [0.4, 0.5) is 0 Å². The monoisotopic (exact) mass is 344 g/mol. The Bertz CT molecular complexity index is 848. The third-order valence-corrected chi connectivity index (χ3v) is 5.05. The first-order chi connectivity index (χ1) is 11.5. The number of likely N-dealkylation sites (tertiary alicyclic amines) is 1. The topological polar surface area (TPSA) is 70.5 Å². The van der Waals surface area contributed by atoms with E-state index in [4.69, 9.17) is 11.6 Å². The number of halogens is 1. The van der Waals surface area contributed by atoms with Crippen molar-refractivity contribution in [2.24, 2.45) is 0 Å². The molecular formula is C18H17ClN2O3.